The first-order valence-corrected chi connectivity index (χ1v) is 7.36. The van der Waals surface area contributed by atoms with E-state index in [0.717, 1.165) is 30.9 Å². The highest BCUT2D eigenvalue weighted by Gasteiger charge is 2.25. The number of hydrogen-bond acceptors (Lipinski definition) is 3. The van der Waals surface area contributed by atoms with E-state index in [-0.39, 0.29) is 5.91 Å². The standard InChI is InChI=1S/C16H20N4O/c17-15(21)13-5-3-4-12(10-13)11-20-9-2-1-6-14(20)16-18-7-8-19-16/h3-5,7-8,10,14H,1-2,6,9,11H2,(H2,17,21)(H,18,19). The summed E-state index contributed by atoms with van der Waals surface area (Å²) in [6.07, 6.45) is 7.21. The van der Waals surface area contributed by atoms with Gasteiger partial charge in [0.25, 0.3) is 0 Å². The molecule has 0 aliphatic carbocycles. The summed E-state index contributed by atoms with van der Waals surface area (Å²) >= 11 is 0. The van der Waals surface area contributed by atoms with Gasteiger partial charge in [-0.05, 0) is 37.1 Å². The Labute approximate surface area is 124 Å². The van der Waals surface area contributed by atoms with Crippen LogP contribution >= 0.6 is 0 Å². The highest BCUT2D eigenvalue weighted by Crippen LogP contribution is 2.30. The summed E-state index contributed by atoms with van der Waals surface area (Å²) in [6.45, 7) is 1.86. The Morgan fingerprint density at radius 2 is 2.33 bits per heavy atom. The van der Waals surface area contributed by atoms with Crippen LogP contribution in [0.2, 0.25) is 0 Å². The maximum atomic E-state index is 11.3. The van der Waals surface area contributed by atoms with Gasteiger partial charge >= 0.3 is 0 Å². The van der Waals surface area contributed by atoms with E-state index in [4.69, 9.17) is 5.73 Å². The molecule has 1 aromatic carbocycles. The zero-order valence-electron chi connectivity index (χ0n) is 12.0. The number of carbonyl (C=O) groups is 1. The van der Waals surface area contributed by atoms with Crippen molar-refractivity contribution in [2.24, 2.45) is 5.73 Å². The van der Waals surface area contributed by atoms with Crippen molar-refractivity contribution >= 4 is 5.91 Å². The Morgan fingerprint density at radius 1 is 1.43 bits per heavy atom. The molecule has 5 nitrogen and oxygen atoms in total. The maximum Gasteiger partial charge on any atom is 0.248 e. The van der Waals surface area contributed by atoms with E-state index >= 15 is 0 Å². The fourth-order valence-electron chi connectivity index (χ4n) is 3.01. The van der Waals surface area contributed by atoms with Gasteiger partial charge in [-0.25, -0.2) is 4.98 Å². The van der Waals surface area contributed by atoms with Gasteiger partial charge < -0.3 is 10.7 Å². The summed E-state index contributed by atoms with van der Waals surface area (Å²) in [4.78, 5) is 21.3. The first-order chi connectivity index (χ1) is 10.2. The third kappa shape index (κ3) is 3.13. The van der Waals surface area contributed by atoms with Gasteiger partial charge in [-0.15, -0.1) is 0 Å². The molecule has 3 N–H and O–H groups in total. The smallest absolute Gasteiger partial charge is 0.248 e. The number of hydrogen-bond donors (Lipinski definition) is 2. The van der Waals surface area contributed by atoms with Crippen LogP contribution in [-0.4, -0.2) is 27.3 Å². The van der Waals surface area contributed by atoms with Gasteiger partial charge in [-0.3, -0.25) is 9.69 Å². The summed E-state index contributed by atoms with van der Waals surface area (Å²) in [5.74, 6) is 0.652. The molecule has 2 aromatic rings. The molecule has 1 atom stereocenters. The Kier molecular flexibility index (Phi) is 4.01. The molecule has 21 heavy (non-hydrogen) atoms. The van der Waals surface area contributed by atoms with E-state index < -0.39 is 0 Å². The Hall–Kier alpha value is -2.14. The van der Waals surface area contributed by atoms with Crippen LogP contribution < -0.4 is 5.73 Å². The highest BCUT2D eigenvalue weighted by atomic mass is 16.1. The van der Waals surface area contributed by atoms with E-state index in [9.17, 15) is 4.79 Å². The molecule has 1 fully saturated rings. The van der Waals surface area contributed by atoms with Crippen molar-refractivity contribution in [2.45, 2.75) is 31.8 Å². The SMILES string of the molecule is NC(=O)c1cccc(CN2CCCCC2c2ncc[nH]2)c1. The van der Waals surface area contributed by atoms with Crippen molar-refractivity contribution in [3.63, 3.8) is 0 Å². The number of nitrogens with zero attached hydrogens (tertiary/aromatic N) is 2. The average molecular weight is 284 g/mol. The maximum absolute atomic E-state index is 11.3. The van der Waals surface area contributed by atoms with Crippen LogP contribution in [-0.2, 0) is 6.54 Å². The summed E-state index contributed by atoms with van der Waals surface area (Å²) in [5.41, 5.74) is 7.04. The number of carbonyl (C=O) groups excluding carboxylic acids is 1. The normalized spacial score (nSPS) is 19.5. The lowest BCUT2D eigenvalue weighted by Crippen LogP contribution is -2.33. The van der Waals surface area contributed by atoms with E-state index in [1.165, 1.54) is 12.8 Å². The van der Waals surface area contributed by atoms with Gasteiger partial charge in [0.2, 0.25) is 5.91 Å². The molecule has 1 unspecified atom stereocenters. The largest absolute Gasteiger partial charge is 0.366 e. The molecule has 1 aliphatic heterocycles. The van der Waals surface area contributed by atoms with Gasteiger partial charge in [-0.2, -0.15) is 0 Å². The lowest BCUT2D eigenvalue weighted by atomic mass is 10.00. The van der Waals surface area contributed by atoms with Crippen molar-refractivity contribution in [3.8, 4) is 0 Å². The van der Waals surface area contributed by atoms with Gasteiger partial charge in [0, 0.05) is 24.5 Å². The number of H-pyrrole nitrogens is 1. The third-order valence-electron chi connectivity index (χ3n) is 4.05. The second-order valence-corrected chi connectivity index (χ2v) is 5.52. The van der Waals surface area contributed by atoms with Crippen molar-refractivity contribution in [1.29, 1.82) is 0 Å². The Morgan fingerprint density at radius 3 is 3.10 bits per heavy atom. The number of aromatic nitrogens is 2. The molecule has 5 heteroatoms. The molecule has 110 valence electrons. The number of benzene rings is 1. The quantitative estimate of drug-likeness (QED) is 0.904. The first kappa shape index (κ1) is 13.8. The van der Waals surface area contributed by atoms with Crippen molar-refractivity contribution in [1.82, 2.24) is 14.9 Å². The molecular weight excluding hydrogens is 264 g/mol. The van der Waals surface area contributed by atoms with Gasteiger partial charge in [0.1, 0.15) is 5.82 Å². The number of rotatable bonds is 4. The van der Waals surface area contributed by atoms with Crippen molar-refractivity contribution < 1.29 is 4.79 Å². The van der Waals surface area contributed by atoms with Crippen molar-refractivity contribution in [3.05, 3.63) is 53.6 Å². The number of aromatic amines is 1. The number of nitrogens with two attached hydrogens (primary N) is 1. The third-order valence-corrected chi connectivity index (χ3v) is 4.05. The highest BCUT2D eigenvalue weighted by molar-refractivity contribution is 5.92. The summed E-state index contributed by atoms with van der Waals surface area (Å²) in [6, 6.07) is 7.90. The monoisotopic (exact) mass is 284 g/mol. The molecule has 0 radical (unpaired) electrons. The molecule has 1 amide bonds. The first-order valence-electron chi connectivity index (χ1n) is 7.36. The van der Waals surface area contributed by atoms with Crippen LogP contribution in [0, 0.1) is 0 Å². The van der Waals surface area contributed by atoms with Crippen LogP contribution in [0.4, 0.5) is 0 Å². The lowest BCUT2D eigenvalue weighted by molar-refractivity contribution is 0.0999. The van der Waals surface area contributed by atoms with Gasteiger partial charge in [0.15, 0.2) is 0 Å². The minimum absolute atomic E-state index is 0.325. The van der Waals surface area contributed by atoms with E-state index in [1.807, 2.05) is 24.4 Å². The topological polar surface area (TPSA) is 75.0 Å². The Balaban J connectivity index is 1.78. The molecule has 3 rings (SSSR count). The van der Waals surface area contributed by atoms with Gasteiger partial charge in [0.05, 0.1) is 6.04 Å². The molecule has 1 aromatic heterocycles. The summed E-state index contributed by atoms with van der Waals surface area (Å²) < 4.78 is 0. The summed E-state index contributed by atoms with van der Waals surface area (Å²) in [5, 5.41) is 0. The minimum Gasteiger partial charge on any atom is -0.366 e. The number of amides is 1. The molecule has 1 aliphatic rings. The average Bonchev–Trinajstić information content (AvgIpc) is 3.02. The fraction of sp³-hybridized carbons (Fsp3) is 0.375. The molecule has 0 saturated carbocycles. The number of primary amides is 1. The predicted molar refractivity (Wildman–Crippen MR) is 80.5 cm³/mol. The van der Waals surface area contributed by atoms with E-state index in [0.29, 0.717) is 11.6 Å². The zero-order chi connectivity index (χ0) is 14.7. The zero-order valence-corrected chi connectivity index (χ0v) is 12.0. The van der Waals surface area contributed by atoms with Gasteiger partial charge in [-0.1, -0.05) is 18.6 Å². The van der Waals surface area contributed by atoms with E-state index in [1.54, 1.807) is 12.3 Å². The van der Waals surface area contributed by atoms with Crippen LogP contribution in [0.1, 0.15) is 47.1 Å². The summed E-state index contributed by atoms with van der Waals surface area (Å²) in [7, 11) is 0. The number of imidazole rings is 1. The minimum atomic E-state index is -0.377. The molecule has 0 spiro atoms. The van der Waals surface area contributed by atoms with Crippen LogP contribution in [0.3, 0.4) is 0 Å². The Bertz CT molecular complexity index is 608. The number of likely N-dealkylation sites (tertiary alicyclic amines) is 1. The van der Waals surface area contributed by atoms with Crippen LogP contribution in [0.5, 0.6) is 0 Å². The number of piperidine rings is 1. The molecule has 2 heterocycles. The fourth-order valence-corrected chi connectivity index (χ4v) is 3.01. The molecule has 0 bridgehead atoms. The van der Waals surface area contributed by atoms with Crippen LogP contribution in [0.25, 0.3) is 0 Å². The second-order valence-electron chi connectivity index (χ2n) is 5.52. The number of nitrogens with one attached hydrogen (secondary N) is 1. The van der Waals surface area contributed by atoms with E-state index in [2.05, 4.69) is 14.9 Å². The molecular formula is C16H20N4O. The van der Waals surface area contributed by atoms with Crippen LogP contribution in [0.15, 0.2) is 36.7 Å². The molecule has 1 saturated heterocycles. The second kappa shape index (κ2) is 6.10. The predicted octanol–water partition coefficient (Wildman–Crippen LogP) is 2.24. The van der Waals surface area contributed by atoms with Crippen molar-refractivity contribution in [2.75, 3.05) is 6.54 Å². The lowest BCUT2D eigenvalue weighted by Gasteiger charge is -2.34.